The fourth-order valence-electron chi connectivity index (χ4n) is 2.84. The van der Waals surface area contributed by atoms with Crippen molar-refractivity contribution in [1.29, 1.82) is 10.5 Å². The first-order valence-electron chi connectivity index (χ1n) is 7.95. The number of anilines is 1. The van der Waals surface area contributed by atoms with Crippen LogP contribution < -0.4 is 4.90 Å². The highest BCUT2D eigenvalue weighted by molar-refractivity contribution is 6.02. The van der Waals surface area contributed by atoms with E-state index in [1.807, 2.05) is 68.7 Å². The van der Waals surface area contributed by atoms with Crippen molar-refractivity contribution in [3.8, 4) is 12.1 Å². The van der Waals surface area contributed by atoms with Gasteiger partial charge in [-0.05, 0) is 40.5 Å². The molecule has 0 N–H and O–H groups in total. The van der Waals surface area contributed by atoms with Gasteiger partial charge in [0, 0.05) is 25.4 Å². The van der Waals surface area contributed by atoms with Gasteiger partial charge in [0.25, 0.3) is 0 Å². The summed E-state index contributed by atoms with van der Waals surface area (Å²) in [6.45, 7) is 0. The van der Waals surface area contributed by atoms with Gasteiger partial charge in [0.1, 0.15) is 17.7 Å². The number of benzene rings is 2. The highest BCUT2D eigenvalue weighted by Crippen LogP contribution is 2.37. The molecule has 1 aliphatic rings. The van der Waals surface area contributed by atoms with Crippen LogP contribution in [0.3, 0.4) is 0 Å². The standard InChI is InChI=1S/C22H17N3/c1-25(2)19-11-8-16(9-12-19)7-10-17-13-22(18(14-23)15-24)21-6-4-3-5-20(17)21/h3-13H,1-2H3/b10-7+. The highest BCUT2D eigenvalue weighted by atomic mass is 15.1. The van der Waals surface area contributed by atoms with E-state index < -0.39 is 0 Å². The van der Waals surface area contributed by atoms with E-state index in [0.29, 0.717) is 5.57 Å². The smallest absolute Gasteiger partial charge is 0.137 e. The zero-order valence-corrected chi connectivity index (χ0v) is 14.2. The van der Waals surface area contributed by atoms with Crippen LogP contribution in [0.2, 0.25) is 0 Å². The first-order chi connectivity index (χ1) is 12.1. The minimum absolute atomic E-state index is 0.145. The SMILES string of the molecule is CN(C)c1ccc(/C=C/C2=CC(=C(C#N)C#N)c3ccccc32)cc1. The Labute approximate surface area is 148 Å². The molecule has 0 atom stereocenters. The third-order valence-electron chi connectivity index (χ3n) is 4.19. The lowest BCUT2D eigenvalue weighted by Crippen LogP contribution is -2.07. The van der Waals surface area contributed by atoms with Gasteiger partial charge in [-0.1, -0.05) is 48.6 Å². The van der Waals surface area contributed by atoms with E-state index >= 15 is 0 Å². The first-order valence-corrected chi connectivity index (χ1v) is 7.95. The molecule has 0 bridgehead atoms. The molecule has 0 amide bonds. The Bertz CT molecular complexity index is 959. The van der Waals surface area contributed by atoms with Crippen molar-refractivity contribution < 1.29 is 0 Å². The average Bonchev–Trinajstić information content (AvgIpc) is 3.00. The lowest BCUT2D eigenvalue weighted by atomic mass is 10.0. The molecule has 0 radical (unpaired) electrons. The number of nitrogens with zero attached hydrogens (tertiary/aromatic N) is 3. The zero-order valence-electron chi connectivity index (χ0n) is 14.2. The molecule has 25 heavy (non-hydrogen) atoms. The van der Waals surface area contributed by atoms with Crippen LogP contribution in [0.25, 0.3) is 17.2 Å². The van der Waals surface area contributed by atoms with Crippen LogP contribution in [0.1, 0.15) is 16.7 Å². The number of rotatable bonds is 3. The normalized spacial score (nSPS) is 12.3. The van der Waals surface area contributed by atoms with E-state index in [1.54, 1.807) is 0 Å². The van der Waals surface area contributed by atoms with Crippen LogP contribution in [0.4, 0.5) is 5.69 Å². The molecule has 3 nitrogen and oxygen atoms in total. The second-order valence-electron chi connectivity index (χ2n) is 5.98. The van der Waals surface area contributed by atoms with Gasteiger partial charge in [-0.25, -0.2) is 0 Å². The second kappa shape index (κ2) is 6.91. The molecule has 1 aliphatic carbocycles. The quantitative estimate of drug-likeness (QED) is 0.772. The molecule has 0 saturated heterocycles. The number of fused-ring (bicyclic) bond motifs is 1. The van der Waals surface area contributed by atoms with E-state index in [2.05, 4.69) is 29.2 Å². The van der Waals surface area contributed by atoms with Gasteiger partial charge in [-0.2, -0.15) is 10.5 Å². The van der Waals surface area contributed by atoms with Crippen LogP contribution in [0.5, 0.6) is 0 Å². The fraction of sp³-hybridized carbons (Fsp3) is 0.0909. The van der Waals surface area contributed by atoms with Crippen LogP contribution in [-0.4, -0.2) is 14.1 Å². The van der Waals surface area contributed by atoms with Gasteiger partial charge in [-0.15, -0.1) is 0 Å². The van der Waals surface area contributed by atoms with E-state index in [9.17, 15) is 10.5 Å². The second-order valence-corrected chi connectivity index (χ2v) is 5.98. The molecule has 2 aromatic rings. The van der Waals surface area contributed by atoms with Crippen molar-refractivity contribution in [1.82, 2.24) is 0 Å². The van der Waals surface area contributed by atoms with Gasteiger partial charge >= 0.3 is 0 Å². The molecular formula is C22H17N3. The molecule has 0 fully saturated rings. The fourth-order valence-corrected chi connectivity index (χ4v) is 2.84. The lowest BCUT2D eigenvalue weighted by Gasteiger charge is -2.11. The molecule has 120 valence electrons. The first kappa shape index (κ1) is 16.3. The van der Waals surface area contributed by atoms with E-state index in [1.165, 1.54) is 0 Å². The molecule has 3 heteroatoms. The van der Waals surface area contributed by atoms with Crippen LogP contribution >= 0.6 is 0 Å². The molecule has 0 heterocycles. The average molecular weight is 323 g/mol. The summed E-state index contributed by atoms with van der Waals surface area (Å²) < 4.78 is 0. The summed E-state index contributed by atoms with van der Waals surface area (Å²) in [6, 6.07) is 20.1. The van der Waals surface area contributed by atoms with Crippen molar-refractivity contribution >= 4 is 22.9 Å². The maximum Gasteiger partial charge on any atom is 0.137 e. The summed E-state index contributed by atoms with van der Waals surface area (Å²) in [6.07, 6.45) is 5.99. The Hall–Kier alpha value is -3.56. The van der Waals surface area contributed by atoms with Crippen molar-refractivity contribution in [3.05, 3.63) is 82.9 Å². The van der Waals surface area contributed by atoms with Gasteiger partial charge in [0.15, 0.2) is 0 Å². The van der Waals surface area contributed by atoms with Crippen LogP contribution in [0, 0.1) is 22.7 Å². The molecule has 0 unspecified atom stereocenters. The maximum atomic E-state index is 9.20. The molecule has 2 aromatic carbocycles. The summed E-state index contributed by atoms with van der Waals surface area (Å²) in [4.78, 5) is 2.06. The number of hydrogen-bond acceptors (Lipinski definition) is 3. The molecule has 0 saturated carbocycles. The Balaban J connectivity index is 1.98. The van der Waals surface area contributed by atoms with E-state index in [0.717, 1.165) is 28.0 Å². The van der Waals surface area contributed by atoms with E-state index in [-0.39, 0.29) is 5.57 Å². The van der Waals surface area contributed by atoms with Crippen molar-refractivity contribution in [2.45, 2.75) is 0 Å². The molecule has 0 aliphatic heterocycles. The van der Waals surface area contributed by atoms with E-state index in [4.69, 9.17) is 0 Å². The highest BCUT2D eigenvalue weighted by Gasteiger charge is 2.19. The lowest BCUT2D eigenvalue weighted by molar-refractivity contribution is 1.13. The maximum absolute atomic E-state index is 9.20. The third-order valence-corrected chi connectivity index (χ3v) is 4.19. The molecule has 0 aromatic heterocycles. The predicted molar refractivity (Wildman–Crippen MR) is 102 cm³/mol. The minimum Gasteiger partial charge on any atom is -0.378 e. The molecule has 3 rings (SSSR count). The van der Waals surface area contributed by atoms with Crippen molar-refractivity contribution in [2.75, 3.05) is 19.0 Å². The Kier molecular flexibility index (Phi) is 4.50. The summed E-state index contributed by atoms with van der Waals surface area (Å²) in [5, 5.41) is 18.4. The Morgan fingerprint density at radius 1 is 0.880 bits per heavy atom. The molecule has 0 spiro atoms. The number of allylic oxidation sites excluding steroid dienone is 5. The summed E-state index contributed by atoms with van der Waals surface area (Å²) in [5.74, 6) is 0. The number of hydrogen-bond donors (Lipinski definition) is 0. The van der Waals surface area contributed by atoms with Gasteiger partial charge < -0.3 is 4.90 Å². The third kappa shape index (κ3) is 3.22. The summed E-state index contributed by atoms with van der Waals surface area (Å²) in [7, 11) is 4.03. The predicted octanol–water partition coefficient (Wildman–Crippen LogP) is 4.66. The largest absolute Gasteiger partial charge is 0.378 e. The van der Waals surface area contributed by atoms with Crippen LogP contribution in [0.15, 0.2) is 66.3 Å². The zero-order chi connectivity index (χ0) is 17.8. The molecular weight excluding hydrogens is 306 g/mol. The van der Waals surface area contributed by atoms with Gasteiger partial charge in [0.2, 0.25) is 0 Å². The van der Waals surface area contributed by atoms with Crippen molar-refractivity contribution in [2.24, 2.45) is 0 Å². The summed E-state index contributed by atoms with van der Waals surface area (Å²) in [5.41, 5.74) is 6.08. The van der Waals surface area contributed by atoms with Crippen LogP contribution in [-0.2, 0) is 0 Å². The van der Waals surface area contributed by atoms with Crippen molar-refractivity contribution in [3.63, 3.8) is 0 Å². The number of nitriles is 2. The Morgan fingerprint density at radius 2 is 1.52 bits per heavy atom. The van der Waals surface area contributed by atoms with Gasteiger partial charge in [0.05, 0.1) is 0 Å². The topological polar surface area (TPSA) is 50.8 Å². The Morgan fingerprint density at radius 3 is 2.12 bits per heavy atom. The monoisotopic (exact) mass is 323 g/mol. The van der Waals surface area contributed by atoms with Gasteiger partial charge in [-0.3, -0.25) is 0 Å². The minimum atomic E-state index is 0.145. The summed E-state index contributed by atoms with van der Waals surface area (Å²) >= 11 is 0.